The standard InChI is InChI=1S/C23H22BrFN4O2/c1-11-8-12(2)29(21-10-20(26-15(5)30)17(24)9-18(21)25)23-16(11)6-7-19(27-23)22-13(3)28-31-14(22)4/h6-10,14,22H,1H2,2-5H3,(H,26,30). The molecule has 6 nitrogen and oxygen atoms in total. The van der Waals surface area contributed by atoms with Gasteiger partial charge in [-0.1, -0.05) is 11.7 Å². The Morgan fingerprint density at radius 1 is 1.32 bits per heavy atom. The molecule has 0 saturated heterocycles. The highest BCUT2D eigenvalue weighted by Crippen LogP contribution is 2.43. The molecule has 0 spiro atoms. The van der Waals surface area contributed by atoms with Gasteiger partial charge in [-0.15, -0.1) is 0 Å². The summed E-state index contributed by atoms with van der Waals surface area (Å²) in [5, 5.41) is 6.81. The Morgan fingerprint density at radius 3 is 2.71 bits per heavy atom. The summed E-state index contributed by atoms with van der Waals surface area (Å²) >= 11 is 3.32. The second-order valence-corrected chi connectivity index (χ2v) is 8.59. The molecular weight excluding hydrogens is 463 g/mol. The van der Waals surface area contributed by atoms with Gasteiger partial charge in [-0.25, -0.2) is 9.37 Å². The lowest BCUT2D eigenvalue weighted by atomic mass is 9.93. The van der Waals surface area contributed by atoms with Crippen molar-refractivity contribution in [3.63, 3.8) is 0 Å². The number of pyridine rings is 1. The van der Waals surface area contributed by atoms with Gasteiger partial charge >= 0.3 is 0 Å². The van der Waals surface area contributed by atoms with E-state index in [-0.39, 0.29) is 23.6 Å². The normalized spacial score (nSPS) is 20.1. The van der Waals surface area contributed by atoms with Crippen LogP contribution in [0.4, 0.5) is 21.6 Å². The third-order valence-electron chi connectivity index (χ3n) is 5.38. The molecule has 0 fully saturated rings. The summed E-state index contributed by atoms with van der Waals surface area (Å²) in [6.45, 7) is 11.3. The van der Waals surface area contributed by atoms with E-state index in [2.05, 4.69) is 33.0 Å². The van der Waals surface area contributed by atoms with Crippen molar-refractivity contribution in [3.8, 4) is 0 Å². The molecule has 2 aromatic rings. The topological polar surface area (TPSA) is 66.8 Å². The minimum absolute atomic E-state index is 0.0867. The average Bonchev–Trinajstić information content (AvgIpc) is 3.02. The zero-order valence-corrected chi connectivity index (χ0v) is 19.2. The summed E-state index contributed by atoms with van der Waals surface area (Å²) in [5.74, 6) is -0.209. The van der Waals surface area contributed by atoms with Crippen LogP contribution in [0, 0.1) is 5.82 Å². The van der Waals surface area contributed by atoms with Gasteiger partial charge in [0.1, 0.15) is 17.7 Å². The first-order valence-corrected chi connectivity index (χ1v) is 10.6. The number of hydrogen-bond donors (Lipinski definition) is 1. The molecule has 1 aromatic carbocycles. The smallest absolute Gasteiger partial charge is 0.221 e. The third kappa shape index (κ3) is 3.76. The number of hydrogen-bond acceptors (Lipinski definition) is 5. The van der Waals surface area contributed by atoms with E-state index in [4.69, 9.17) is 9.82 Å². The first-order chi connectivity index (χ1) is 14.7. The molecule has 2 unspecified atom stereocenters. The van der Waals surface area contributed by atoms with Crippen molar-refractivity contribution in [2.24, 2.45) is 5.16 Å². The predicted octanol–water partition coefficient (Wildman–Crippen LogP) is 5.89. The minimum atomic E-state index is -0.449. The van der Waals surface area contributed by atoms with Gasteiger partial charge in [0.25, 0.3) is 0 Å². The van der Waals surface area contributed by atoms with Crippen LogP contribution in [0.1, 0.15) is 44.9 Å². The number of amides is 1. The van der Waals surface area contributed by atoms with Crippen LogP contribution in [0.15, 0.2) is 52.2 Å². The highest BCUT2D eigenvalue weighted by Gasteiger charge is 2.33. The van der Waals surface area contributed by atoms with Crippen LogP contribution in [0.3, 0.4) is 0 Å². The summed E-state index contributed by atoms with van der Waals surface area (Å²) in [4.78, 5) is 23.7. The van der Waals surface area contributed by atoms with Crippen molar-refractivity contribution in [2.45, 2.75) is 39.7 Å². The van der Waals surface area contributed by atoms with Gasteiger partial charge in [-0.05, 0) is 72.6 Å². The number of fused-ring (bicyclic) bond motifs is 1. The number of halogens is 2. The number of benzene rings is 1. The van der Waals surface area contributed by atoms with E-state index in [1.54, 1.807) is 11.0 Å². The molecule has 8 heteroatoms. The Kier molecular flexibility index (Phi) is 5.43. The number of rotatable bonds is 3. The molecule has 2 atom stereocenters. The molecule has 3 heterocycles. The zero-order valence-electron chi connectivity index (χ0n) is 17.7. The van der Waals surface area contributed by atoms with Crippen molar-refractivity contribution in [2.75, 3.05) is 10.2 Å². The van der Waals surface area contributed by atoms with Gasteiger partial charge in [-0.2, -0.15) is 0 Å². The van der Waals surface area contributed by atoms with Crippen molar-refractivity contribution in [1.82, 2.24) is 4.98 Å². The monoisotopic (exact) mass is 484 g/mol. The maximum atomic E-state index is 15.1. The second-order valence-electron chi connectivity index (χ2n) is 7.74. The second kappa shape index (κ2) is 7.92. The summed E-state index contributed by atoms with van der Waals surface area (Å²) in [6, 6.07) is 6.81. The Balaban J connectivity index is 1.88. The van der Waals surface area contributed by atoms with Gasteiger partial charge in [0.15, 0.2) is 0 Å². The molecule has 31 heavy (non-hydrogen) atoms. The molecule has 1 aromatic heterocycles. The predicted molar refractivity (Wildman–Crippen MR) is 124 cm³/mol. The van der Waals surface area contributed by atoms with Crippen LogP contribution < -0.4 is 10.2 Å². The largest absolute Gasteiger partial charge is 0.392 e. The fraction of sp³-hybridized carbons (Fsp3) is 0.261. The lowest BCUT2D eigenvalue weighted by Gasteiger charge is -2.32. The summed E-state index contributed by atoms with van der Waals surface area (Å²) < 4.78 is 15.6. The zero-order chi connectivity index (χ0) is 22.4. The molecule has 1 amide bonds. The molecule has 4 rings (SSSR count). The van der Waals surface area contributed by atoms with Crippen molar-refractivity contribution in [1.29, 1.82) is 0 Å². The molecule has 0 saturated carbocycles. The minimum Gasteiger partial charge on any atom is -0.392 e. The number of oxime groups is 1. The van der Waals surface area contributed by atoms with Gasteiger partial charge in [0.05, 0.1) is 28.7 Å². The van der Waals surface area contributed by atoms with Crippen LogP contribution in [0.2, 0.25) is 0 Å². The van der Waals surface area contributed by atoms with E-state index in [1.807, 2.05) is 39.0 Å². The number of nitrogens with one attached hydrogen (secondary N) is 1. The maximum Gasteiger partial charge on any atom is 0.221 e. The number of allylic oxidation sites excluding steroid dienone is 3. The number of anilines is 3. The van der Waals surface area contributed by atoms with Crippen molar-refractivity contribution >= 4 is 50.3 Å². The molecule has 2 aliphatic rings. The van der Waals surface area contributed by atoms with Crippen LogP contribution in [-0.2, 0) is 9.63 Å². The van der Waals surface area contributed by atoms with E-state index < -0.39 is 5.82 Å². The van der Waals surface area contributed by atoms with E-state index in [9.17, 15) is 4.79 Å². The molecule has 0 radical (unpaired) electrons. The van der Waals surface area contributed by atoms with Gasteiger partial charge in [-0.3, -0.25) is 9.69 Å². The van der Waals surface area contributed by atoms with Crippen LogP contribution >= 0.6 is 15.9 Å². The quantitative estimate of drug-likeness (QED) is 0.589. The summed E-state index contributed by atoms with van der Waals surface area (Å²) in [5.41, 5.74) is 4.74. The number of aromatic nitrogens is 1. The Bertz CT molecular complexity index is 1170. The van der Waals surface area contributed by atoms with Crippen molar-refractivity contribution in [3.05, 3.63) is 64.2 Å². The third-order valence-corrected chi connectivity index (χ3v) is 6.04. The number of carbonyl (C=O) groups is 1. The molecule has 160 valence electrons. The van der Waals surface area contributed by atoms with Gasteiger partial charge in [0.2, 0.25) is 5.91 Å². The Morgan fingerprint density at radius 2 is 2.06 bits per heavy atom. The van der Waals surface area contributed by atoms with E-state index in [1.165, 1.54) is 13.0 Å². The van der Waals surface area contributed by atoms with Crippen molar-refractivity contribution < 1.29 is 14.0 Å². The van der Waals surface area contributed by atoms with E-state index in [0.717, 1.165) is 28.2 Å². The first-order valence-electron chi connectivity index (χ1n) is 9.83. The first kappa shape index (κ1) is 21.2. The molecule has 1 N–H and O–H groups in total. The van der Waals surface area contributed by atoms with Gasteiger partial charge in [0, 0.05) is 22.7 Å². The SMILES string of the molecule is C=C1C=C(C)N(c2cc(NC(C)=O)c(Br)cc2F)c2nc(C3C(C)=NOC3C)ccc21. The van der Waals surface area contributed by atoms with Crippen LogP contribution in [0.25, 0.3) is 5.57 Å². The van der Waals surface area contributed by atoms with Gasteiger partial charge < -0.3 is 10.2 Å². The Hall–Kier alpha value is -3.00. The lowest BCUT2D eigenvalue weighted by Crippen LogP contribution is -2.24. The maximum absolute atomic E-state index is 15.1. The summed E-state index contributed by atoms with van der Waals surface area (Å²) in [6.07, 6.45) is 1.75. The fourth-order valence-electron chi connectivity index (χ4n) is 4.00. The molecular formula is C23H22BrFN4O2. The van der Waals surface area contributed by atoms with E-state index in [0.29, 0.717) is 16.0 Å². The Labute approximate surface area is 188 Å². The van der Waals surface area contributed by atoms with Crippen LogP contribution in [0.5, 0.6) is 0 Å². The molecule has 0 aliphatic carbocycles. The molecule has 0 bridgehead atoms. The molecule has 2 aliphatic heterocycles. The number of nitrogens with zero attached hydrogens (tertiary/aromatic N) is 3. The fourth-order valence-corrected chi connectivity index (χ4v) is 4.41. The highest BCUT2D eigenvalue weighted by atomic mass is 79.9. The van der Waals surface area contributed by atoms with E-state index >= 15 is 4.39 Å². The lowest BCUT2D eigenvalue weighted by molar-refractivity contribution is -0.114. The highest BCUT2D eigenvalue weighted by molar-refractivity contribution is 9.10. The average molecular weight is 485 g/mol. The van der Waals surface area contributed by atoms with Crippen LogP contribution in [-0.4, -0.2) is 22.7 Å². The summed E-state index contributed by atoms with van der Waals surface area (Å²) in [7, 11) is 0. The number of carbonyl (C=O) groups excluding carboxylic acids is 1.